The summed E-state index contributed by atoms with van der Waals surface area (Å²) >= 11 is 11.8. The number of hydrogen-bond donors (Lipinski definition) is 1. The molecule has 1 aromatic rings. The topological polar surface area (TPSA) is 24.9 Å². The lowest BCUT2D eigenvalue weighted by Crippen LogP contribution is -2.24. The van der Waals surface area contributed by atoms with Gasteiger partial charge in [0.15, 0.2) is 0 Å². The second-order valence-corrected chi connectivity index (χ2v) is 5.29. The largest absolute Gasteiger partial charge is 0.312 e. The van der Waals surface area contributed by atoms with Gasteiger partial charge in [0.1, 0.15) is 0 Å². The Morgan fingerprint density at radius 2 is 2.25 bits per heavy atom. The normalized spacial score (nSPS) is 17.4. The van der Waals surface area contributed by atoms with Gasteiger partial charge in [0, 0.05) is 31.4 Å². The fourth-order valence-electron chi connectivity index (χ4n) is 1.90. The first-order valence-corrected chi connectivity index (χ1v) is 6.52. The van der Waals surface area contributed by atoms with Crippen molar-refractivity contribution in [1.82, 2.24) is 10.3 Å². The van der Waals surface area contributed by atoms with Crippen LogP contribution < -0.4 is 5.32 Å². The van der Waals surface area contributed by atoms with Gasteiger partial charge in [-0.25, -0.2) is 0 Å². The summed E-state index contributed by atoms with van der Waals surface area (Å²) in [4.78, 5) is 3.97. The van der Waals surface area contributed by atoms with Crippen LogP contribution in [0.1, 0.15) is 24.8 Å². The Balaban J connectivity index is 1.78. The summed E-state index contributed by atoms with van der Waals surface area (Å²) in [6.45, 7) is 1.85. The lowest BCUT2D eigenvalue weighted by Gasteiger charge is -2.14. The zero-order valence-electron chi connectivity index (χ0n) is 9.18. The predicted octanol–water partition coefficient (Wildman–Crippen LogP) is 3.23. The predicted molar refractivity (Wildman–Crippen MR) is 68.0 cm³/mol. The molecule has 0 radical (unpaired) electrons. The van der Waals surface area contributed by atoms with Crippen LogP contribution in [0.3, 0.4) is 0 Å². The zero-order chi connectivity index (χ0) is 11.4. The van der Waals surface area contributed by atoms with E-state index in [0.29, 0.717) is 5.41 Å². The second kappa shape index (κ2) is 5.35. The van der Waals surface area contributed by atoms with Gasteiger partial charge in [-0.2, -0.15) is 0 Å². The number of hydrogen-bond acceptors (Lipinski definition) is 2. The van der Waals surface area contributed by atoms with E-state index in [1.807, 2.05) is 6.07 Å². The summed E-state index contributed by atoms with van der Waals surface area (Å²) in [6.07, 6.45) is 7.18. The zero-order valence-corrected chi connectivity index (χ0v) is 10.7. The van der Waals surface area contributed by atoms with Crippen molar-refractivity contribution in [3.63, 3.8) is 0 Å². The molecular weight excluding hydrogens is 243 g/mol. The Hall–Kier alpha value is -0.310. The Bertz CT molecular complexity index is 351. The molecule has 0 spiro atoms. The third-order valence-corrected chi connectivity index (χ3v) is 3.78. The van der Waals surface area contributed by atoms with Crippen molar-refractivity contribution in [3.8, 4) is 0 Å². The van der Waals surface area contributed by atoms with Crippen molar-refractivity contribution in [1.29, 1.82) is 0 Å². The molecule has 0 unspecified atom stereocenters. The number of rotatable bonds is 6. The van der Waals surface area contributed by atoms with Crippen molar-refractivity contribution in [2.24, 2.45) is 5.41 Å². The minimum atomic E-state index is 0.473. The van der Waals surface area contributed by atoms with Crippen LogP contribution in [0, 0.1) is 5.41 Å². The van der Waals surface area contributed by atoms with Crippen molar-refractivity contribution in [2.45, 2.75) is 25.8 Å². The molecule has 0 bridgehead atoms. The third-order valence-electron chi connectivity index (χ3n) is 3.25. The maximum atomic E-state index is 6.03. The van der Waals surface area contributed by atoms with Gasteiger partial charge >= 0.3 is 0 Å². The highest BCUT2D eigenvalue weighted by molar-refractivity contribution is 6.31. The van der Waals surface area contributed by atoms with Crippen LogP contribution >= 0.6 is 23.2 Å². The van der Waals surface area contributed by atoms with Gasteiger partial charge in [-0.05, 0) is 36.3 Å². The number of nitrogens with one attached hydrogen (secondary N) is 1. The fourth-order valence-corrected chi connectivity index (χ4v) is 2.49. The molecule has 1 N–H and O–H groups in total. The molecule has 1 saturated carbocycles. The van der Waals surface area contributed by atoms with Crippen molar-refractivity contribution in [3.05, 3.63) is 29.0 Å². The minimum absolute atomic E-state index is 0.473. The molecule has 0 aromatic carbocycles. The van der Waals surface area contributed by atoms with Gasteiger partial charge in [-0.1, -0.05) is 11.6 Å². The number of nitrogens with zero attached hydrogens (tertiary/aromatic N) is 1. The van der Waals surface area contributed by atoms with Gasteiger partial charge in [0.05, 0.1) is 5.02 Å². The van der Waals surface area contributed by atoms with Crippen LogP contribution in [-0.4, -0.2) is 17.4 Å². The van der Waals surface area contributed by atoms with Crippen LogP contribution in [0.4, 0.5) is 0 Å². The van der Waals surface area contributed by atoms with Crippen molar-refractivity contribution in [2.75, 3.05) is 12.4 Å². The molecule has 2 nitrogen and oxygen atoms in total. The highest BCUT2D eigenvalue weighted by Crippen LogP contribution is 2.48. The van der Waals surface area contributed by atoms with Crippen LogP contribution in [0.2, 0.25) is 5.02 Å². The molecule has 88 valence electrons. The molecule has 0 aliphatic heterocycles. The molecule has 4 heteroatoms. The van der Waals surface area contributed by atoms with Crippen molar-refractivity contribution < 1.29 is 0 Å². The lowest BCUT2D eigenvalue weighted by atomic mass is 10.0. The SMILES string of the molecule is ClCCC1(CNCc2ccncc2Cl)CC1. The molecular formula is C12H16Cl2N2. The quantitative estimate of drug-likeness (QED) is 0.793. The molecule has 1 aromatic heterocycles. The highest BCUT2D eigenvalue weighted by Gasteiger charge is 2.41. The minimum Gasteiger partial charge on any atom is -0.312 e. The van der Waals surface area contributed by atoms with Crippen LogP contribution in [0.25, 0.3) is 0 Å². The van der Waals surface area contributed by atoms with Gasteiger partial charge in [0.25, 0.3) is 0 Å². The standard InChI is InChI=1S/C12H16Cl2N2/c13-5-4-12(2-3-12)9-16-7-10-1-6-15-8-11(10)14/h1,6,8,16H,2-5,7,9H2. The summed E-state index contributed by atoms with van der Waals surface area (Å²) in [7, 11) is 0. The summed E-state index contributed by atoms with van der Waals surface area (Å²) in [5.41, 5.74) is 1.58. The van der Waals surface area contributed by atoms with Crippen LogP contribution in [0.5, 0.6) is 0 Å². The van der Waals surface area contributed by atoms with E-state index in [9.17, 15) is 0 Å². The summed E-state index contributed by atoms with van der Waals surface area (Å²) in [6, 6.07) is 1.95. The Morgan fingerprint density at radius 3 is 2.88 bits per heavy atom. The molecule has 1 heterocycles. The van der Waals surface area contributed by atoms with Gasteiger partial charge in [-0.15, -0.1) is 11.6 Å². The fraction of sp³-hybridized carbons (Fsp3) is 0.583. The maximum Gasteiger partial charge on any atom is 0.0634 e. The Morgan fingerprint density at radius 1 is 1.44 bits per heavy atom. The second-order valence-electron chi connectivity index (χ2n) is 4.51. The van der Waals surface area contributed by atoms with E-state index in [0.717, 1.165) is 36.0 Å². The average Bonchev–Trinajstić information content (AvgIpc) is 3.02. The van der Waals surface area contributed by atoms with E-state index in [1.165, 1.54) is 12.8 Å². The van der Waals surface area contributed by atoms with Gasteiger partial charge in [-0.3, -0.25) is 4.98 Å². The van der Waals surface area contributed by atoms with E-state index in [-0.39, 0.29) is 0 Å². The molecule has 1 fully saturated rings. The average molecular weight is 259 g/mol. The monoisotopic (exact) mass is 258 g/mol. The van der Waals surface area contributed by atoms with Crippen LogP contribution in [0.15, 0.2) is 18.5 Å². The first-order valence-electron chi connectivity index (χ1n) is 5.61. The molecule has 16 heavy (non-hydrogen) atoms. The molecule has 2 rings (SSSR count). The van der Waals surface area contributed by atoms with E-state index in [1.54, 1.807) is 12.4 Å². The third kappa shape index (κ3) is 3.09. The molecule has 1 aliphatic rings. The summed E-state index contributed by atoms with van der Waals surface area (Å²) < 4.78 is 0. The smallest absolute Gasteiger partial charge is 0.0634 e. The Labute approximate surface area is 106 Å². The molecule has 0 amide bonds. The van der Waals surface area contributed by atoms with E-state index >= 15 is 0 Å². The van der Waals surface area contributed by atoms with E-state index < -0.39 is 0 Å². The number of halogens is 2. The number of aromatic nitrogens is 1. The maximum absolute atomic E-state index is 6.03. The summed E-state index contributed by atoms with van der Waals surface area (Å²) in [5, 5.41) is 4.19. The Kier molecular flexibility index (Phi) is 4.06. The first-order chi connectivity index (χ1) is 7.76. The number of pyridine rings is 1. The van der Waals surface area contributed by atoms with Gasteiger partial charge in [0.2, 0.25) is 0 Å². The van der Waals surface area contributed by atoms with Crippen molar-refractivity contribution >= 4 is 23.2 Å². The van der Waals surface area contributed by atoms with Crippen LogP contribution in [-0.2, 0) is 6.54 Å². The lowest BCUT2D eigenvalue weighted by molar-refractivity contribution is 0.445. The van der Waals surface area contributed by atoms with E-state index in [4.69, 9.17) is 23.2 Å². The molecule has 1 aliphatic carbocycles. The molecule has 0 atom stereocenters. The molecule has 0 saturated heterocycles. The summed E-state index contributed by atoms with van der Waals surface area (Å²) in [5.74, 6) is 0.762. The van der Waals surface area contributed by atoms with Gasteiger partial charge < -0.3 is 5.32 Å². The first kappa shape index (κ1) is 12.2. The van der Waals surface area contributed by atoms with E-state index in [2.05, 4.69) is 10.3 Å². The number of alkyl halides is 1. The highest BCUT2D eigenvalue weighted by atomic mass is 35.5.